The van der Waals surface area contributed by atoms with Crippen molar-refractivity contribution in [2.45, 2.75) is 6.18 Å². The van der Waals surface area contributed by atoms with Crippen LogP contribution < -0.4 is 24.3 Å². The first-order valence-electron chi connectivity index (χ1n) is 9.42. The minimum absolute atomic E-state index is 0.0367. The van der Waals surface area contributed by atoms with Crippen molar-refractivity contribution in [2.24, 2.45) is 0 Å². The Bertz CT molecular complexity index is 1120. The van der Waals surface area contributed by atoms with Gasteiger partial charge in [-0.25, -0.2) is 4.39 Å². The van der Waals surface area contributed by atoms with Crippen molar-refractivity contribution in [3.8, 4) is 28.7 Å². The van der Waals surface area contributed by atoms with E-state index in [0.717, 1.165) is 30.3 Å². The highest BCUT2D eigenvalue weighted by Crippen LogP contribution is 2.40. The van der Waals surface area contributed by atoms with Crippen LogP contribution >= 0.6 is 0 Å². The summed E-state index contributed by atoms with van der Waals surface area (Å²) in [6.45, 7) is 0. The van der Waals surface area contributed by atoms with E-state index in [9.17, 15) is 22.4 Å². The minimum Gasteiger partial charge on any atom is -0.493 e. The number of anilines is 1. The first-order valence-corrected chi connectivity index (χ1v) is 9.42. The molecule has 10 heteroatoms. The van der Waals surface area contributed by atoms with Crippen LogP contribution in [0.4, 0.5) is 23.2 Å². The Labute approximate surface area is 186 Å². The Morgan fingerprint density at radius 1 is 0.818 bits per heavy atom. The molecule has 0 heterocycles. The summed E-state index contributed by atoms with van der Waals surface area (Å²) in [5, 5.41) is 2.42. The van der Waals surface area contributed by atoms with Gasteiger partial charge in [0.05, 0.1) is 32.6 Å². The summed E-state index contributed by atoms with van der Waals surface area (Å²) in [6.07, 6.45) is -4.65. The molecule has 0 unspecified atom stereocenters. The van der Waals surface area contributed by atoms with Crippen LogP contribution in [-0.4, -0.2) is 27.2 Å². The average Bonchev–Trinajstić information content (AvgIpc) is 2.79. The molecule has 0 aliphatic carbocycles. The largest absolute Gasteiger partial charge is 0.493 e. The standard InChI is InChI=1S/C23H19F4NO5/c1-30-19-10-13(11-20(31-2)21(19)32-3)22(29)28-17-12-14(23(25,26)27)4-9-18(17)33-16-7-5-15(24)6-8-16/h4-12H,1-3H3,(H,28,29). The number of hydrogen-bond donors (Lipinski definition) is 1. The summed E-state index contributed by atoms with van der Waals surface area (Å²) >= 11 is 0. The molecule has 1 N–H and O–H groups in total. The van der Waals surface area contributed by atoms with Gasteiger partial charge in [-0.1, -0.05) is 0 Å². The fourth-order valence-electron chi connectivity index (χ4n) is 2.93. The van der Waals surface area contributed by atoms with E-state index in [1.54, 1.807) is 0 Å². The first-order chi connectivity index (χ1) is 15.7. The third-order valence-electron chi connectivity index (χ3n) is 4.52. The lowest BCUT2D eigenvalue weighted by Gasteiger charge is -2.17. The molecule has 0 saturated carbocycles. The third kappa shape index (κ3) is 5.46. The Hall–Kier alpha value is -3.95. The molecule has 0 spiro atoms. The molecule has 33 heavy (non-hydrogen) atoms. The van der Waals surface area contributed by atoms with Crippen LogP contribution in [0, 0.1) is 5.82 Å². The van der Waals surface area contributed by atoms with E-state index in [0.29, 0.717) is 0 Å². The lowest BCUT2D eigenvalue weighted by molar-refractivity contribution is -0.137. The van der Waals surface area contributed by atoms with Crippen molar-refractivity contribution in [3.05, 3.63) is 71.5 Å². The van der Waals surface area contributed by atoms with Gasteiger partial charge < -0.3 is 24.3 Å². The Morgan fingerprint density at radius 2 is 1.42 bits per heavy atom. The van der Waals surface area contributed by atoms with Gasteiger partial charge in [-0.3, -0.25) is 4.79 Å². The van der Waals surface area contributed by atoms with Gasteiger partial charge in [0, 0.05) is 5.56 Å². The smallest absolute Gasteiger partial charge is 0.416 e. The maximum atomic E-state index is 13.3. The maximum absolute atomic E-state index is 13.3. The van der Waals surface area contributed by atoms with Gasteiger partial charge in [-0.2, -0.15) is 13.2 Å². The molecular weight excluding hydrogens is 446 g/mol. The second-order valence-corrected chi connectivity index (χ2v) is 6.63. The van der Waals surface area contributed by atoms with Gasteiger partial charge in [0.2, 0.25) is 5.75 Å². The Kier molecular flexibility index (Phi) is 6.95. The van der Waals surface area contributed by atoms with Crippen LogP contribution in [0.2, 0.25) is 0 Å². The lowest BCUT2D eigenvalue weighted by Crippen LogP contribution is -2.14. The van der Waals surface area contributed by atoms with Crippen molar-refractivity contribution < 1.29 is 41.3 Å². The molecule has 0 aliphatic heterocycles. The number of carbonyl (C=O) groups excluding carboxylic acids is 1. The lowest BCUT2D eigenvalue weighted by atomic mass is 10.1. The highest BCUT2D eigenvalue weighted by molar-refractivity contribution is 6.06. The number of carbonyl (C=O) groups is 1. The van der Waals surface area contributed by atoms with Gasteiger partial charge in [-0.15, -0.1) is 0 Å². The summed E-state index contributed by atoms with van der Waals surface area (Å²) in [7, 11) is 4.11. The van der Waals surface area contributed by atoms with Crippen LogP contribution in [0.25, 0.3) is 0 Å². The van der Waals surface area contributed by atoms with E-state index in [4.69, 9.17) is 18.9 Å². The van der Waals surface area contributed by atoms with Crippen molar-refractivity contribution in [3.63, 3.8) is 0 Å². The number of ether oxygens (including phenoxy) is 4. The summed E-state index contributed by atoms with van der Waals surface area (Å²) in [4.78, 5) is 12.9. The van der Waals surface area contributed by atoms with E-state index in [-0.39, 0.29) is 40.0 Å². The maximum Gasteiger partial charge on any atom is 0.416 e. The van der Waals surface area contributed by atoms with E-state index in [1.807, 2.05) is 0 Å². The number of methoxy groups -OCH3 is 3. The summed E-state index contributed by atoms with van der Waals surface area (Å²) in [5.74, 6) is -0.545. The number of alkyl halides is 3. The molecule has 3 aromatic rings. The van der Waals surface area contributed by atoms with Crippen molar-refractivity contribution in [1.82, 2.24) is 0 Å². The van der Waals surface area contributed by atoms with Crippen molar-refractivity contribution >= 4 is 11.6 Å². The molecular formula is C23H19F4NO5. The van der Waals surface area contributed by atoms with Crippen LogP contribution in [0.1, 0.15) is 15.9 Å². The molecule has 6 nitrogen and oxygen atoms in total. The SMILES string of the molecule is COc1cc(C(=O)Nc2cc(C(F)(F)F)ccc2Oc2ccc(F)cc2)cc(OC)c1OC. The first kappa shape index (κ1) is 23.7. The average molecular weight is 465 g/mol. The molecule has 0 saturated heterocycles. The number of amides is 1. The number of benzene rings is 3. The van der Waals surface area contributed by atoms with Gasteiger partial charge >= 0.3 is 6.18 Å². The zero-order chi connectivity index (χ0) is 24.2. The van der Waals surface area contributed by atoms with E-state index in [2.05, 4.69) is 5.32 Å². The van der Waals surface area contributed by atoms with Crippen molar-refractivity contribution in [2.75, 3.05) is 26.6 Å². The van der Waals surface area contributed by atoms with Crippen LogP contribution in [-0.2, 0) is 6.18 Å². The minimum atomic E-state index is -4.65. The molecule has 0 fully saturated rings. The number of nitrogens with one attached hydrogen (secondary N) is 1. The predicted octanol–water partition coefficient (Wildman–Crippen LogP) is 5.91. The van der Waals surface area contributed by atoms with Crippen molar-refractivity contribution in [1.29, 1.82) is 0 Å². The number of halogens is 4. The van der Waals surface area contributed by atoms with Gasteiger partial charge in [0.25, 0.3) is 5.91 Å². The van der Waals surface area contributed by atoms with Gasteiger partial charge in [0.1, 0.15) is 11.6 Å². The van der Waals surface area contributed by atoms with Crippen LogP contribution in [0.3, 0.4) is 0 Å². The van der Waals surface area contributed by atoms with Crippen LogP contribution in [0.15, 0.2) is 54.6 Å². The molecule has 0 bridgehead atoms. The third-order valence-corrected chi connectivity index (χ3v) is 4.52. The zero-order valence-electron chi connectivity index (χ0n) is 17.7. The van der Waals surface area contributed by atoms with Crippen LogP contribution in [0.5, 0.6) is 28.7 Å². The monoisotopic (exact) mass is 465 g/mol. The van der Waals surface area contributed by atoms with E-state index in [1.165, 1.54) is 45.6 Å². The number of hydrogen-bond acceptors (Lipinski definition) is 5. The molecule has 0 aromatic heterocycles. The second kappa shape index (κ2) is 9.68. The highest BCUT2D eigenvalue weighted by Gasteiger charge is 2.31. The predicted molar refractivity (Wildman–Crippen MR) is 112 cm³/mol. The molecule has 174 valence electrons. The summed E-state index contributed by atoms with van der Waals surface area (Å²) < 4.78 is 74.2. The summed E-state index contributed by atoms with van der Waals surface area (Å²) in [6, 6.07) is 10.2. The molecule has 1 amide bonds. The topological polar surface area (TPSA) is 66.0 Å². The molecule has 0 aliphatic rings. The highest BCUT2D eigenvalue weighted by atomic mass is 19.4. The second-order valence-electron chi connectivity index (χ2n) is 6.63. The normalized spacial score (nSPS) is 11.0. The van der Waals surface area contributed by atoms with Gasteiger partial charge in [0.15, 0.2) is 17.2 Å². The van der Waals surface area contributed by atoms with Gasteiger partial charge in [-0.05, 0) is 54.6 Å². The summed E-state index contributed by atoms with van der Waals surface area (Å²) in [5.41, 5.74) is -1.20. The number of rotatable bonds is 7. The molecule has 3 rings (SSSR count). The fourth-order valence-corrected chi connectivity index (χ4v) is 2.93. The van der Waals surface area contributed by atoms with E-state index >= 15 is 0 Å². The fraction of sp³-hybridized carbons (Fsp3) is 0.174. The molecule has 0 radical (unpaired) electrons. The zero-order valence-corrected chi connectivity index (χ0v) is 17.7. The molecule has 3 aromatic carbocycles. The quantitative estimate of drug-likeness (QED) is 0.439. The molecule has 0 atom stereocenters. The Balaban J connectivity index is 2.00. The Morgan fingerprint density at radius 3 is 1.94 bits per heavy atom. The van der Waals surface area contributed by atoms with E-state index < -0.39 is 23.5 Å².